The summed E-state index contributed by atoms with van der Waals surface area (Å²) in [5, 5.41) is 71.3. The van der Waals surface area contributed by atoms with Crippen LogP contribution in [0.4, 0.5) is 0 Å². The summed E-state index contributed by atoms with van der Waals surface area (Å²) < 4.78 is 27.0. The van der Waals surface area contributed by atoms with Crippen molar-refractivity contribution >= 4 is 12.0 Å². The molecule has 2 aliphatic rings. The number of benzene rings is 2. The van der Waals surface area contributed by atoms with Gasteiger partial charge in [0.1, 0.15) is 42.9 Å². The summed E-state index contributed by atoms with van der Waals surface area (Å²) in [7, 11) is 0. The molecule has 0 unspecified atom stereocenters. The van der Waals surface area contributed by atoms with Crippen molar-refractivity contribution in [2.24, 2.45) is 0 Å². The van der Waals surface area contributed by atoms with E-state index in [9.17, 15) is 40.7 Å². The number of aliphatic hydroxyl groups is 5. The van der Waals surface area contributed by atoms with E-state index >= 15 is 0 Å². The maximum absolute atomic E-state index is 12.1. The number of esters is 1. The zero-order chi connectivity index (χ0) is 29.6. The van der Waals surface area contributed by atoms with Gasteiger partial charge in [-0.2, -0.15) is 5.26 Å². The maximum atomic E-state index is 12.1. The van der Waals surface area contributed by atoms with Crippen LogP contribution in [0.5, 0.6) is 5.75 Å². The van der Waals surface area contributed by atoms with Gasteiger partial charge >= 0.3 is 5.97 Å². The number of phenolic OH excluding ortho intramolecular Hbond substituents is 1. The summed E-state index contributed by atoms with van der Waals surface area (Å²) in [4.78, 5) is 12.1. The average Bonchev–Trinajstić information content (AvgIpc) is 3.27. The van der Waals surface area contributed by atoms with E-state index in [0.29, 0.717) is 11.1 Å². The van der Waals surface area contributed by atoms with Gasteiger partial charge in [-0.15, -0.1) is 0 Å². The van der Waals surface area contributed by atoms with Crippen molar-refractivity contribution in [1.82, 2.24) is 0 Å². The molecular weight excluding hydrogens is 542 g/mol. The van der Waals surface area contributed by atoms with Crippen LogP contribution in [0.25, 0.3) is 6.08 Å². The molecule has 2 fully saturated rings. The van der Waals surface area contributed by atoms with Crippen LogP contribution < -0.4 is 0 Å². The van der Waals surface area contributed by atoms with Crippen molar-refractivity contribution in [3.05, 3.63) is 71.8 Å². The second-order valence-corrected chi connectivity index (χ2v) is 9.66. The Labute approximate surface area is 235 Å². The molecule has 4 rings (SSSR count). The van der Waals surface area contributed by atoms with Crippen LogP contribution >= 0.6 is 0 Å². The third kappa shape index (κ3) is 7.46. The summed E-state index contributed by atoms with van der Waals surface area (Å²) in [6.45, 7) is -1.54. The van der Waals surface area contributed by atoms with Gasteiger partial charge in [0.05, 0.1) is 19.3 Å². The highest BCUT2D eigenvalue weighted by Crippen LogP contribution is 2.30. The Balaban J connectivity index is 1.29. The molecule has 220 valence electrons. The van der Waals surface area contributed by atoms with Crippen LogP contribution in [-0.2, 0) is 28.5 Å². The zero-order valence-electron chi connectivity index (χ0n) is 21.7. The van der Waals surface area contributed by atoms with E-state index in [2.05, 4.69) is 0 Å². The lowest BCUT2D eigenvalue weighted by atomic mass is 9.99. The highest BCUT2D eigenvalue weighted by Gasteiger charge is 2.51. The van der Waals surface area contributed by atoms with Crippen molar-refractivity contribution < 1.29 is 59.1 Å². The van der Waals surface area contributed by atoms with Crippen molar-refractivity contribution in [2.75, 3.05) is 19.8 Å². The summed E-state index contributed by atoms with van der Waals surface area (Å²) in [5.74, 6) is -0.729. The van der Waals surface area contributed by atoms with Crippen LogP contribution in [0.1, 0.15) is 17.2 Å². The fourth-order valence-corrected chi connectivity index (χ4v) is 4.22. The quantitative estimate of drug-likeness (QED) is 0.157. The highest BCUT2D eigenvalue weighted by atomic mass is 16.7. The van der Waals surface area contributed by atoms with Crippen LogP contribution in [0.2, 0.25) is 0 Å². The molecule has 9 atom stereocenters. The van der Waals surface area contributed by atoms with Gasteiger partial charge in [0.25, 0.3) is 0 Å². The molecule has 2 aliphatic heterocycles. The van der Waals surface area contributed by atoms with E-state index in [-0.39, 0.29) is 5.75 Å². The Morgan fingerprint density at radius 1 is 1.05 bits per heavy atom. The molecule has 0 aromatic heterocycles. The molecule has 2 saturated heterocycles. The normalized spacial score (nSPS) is 32.4. The van der Waals surface area contributed by atoms with Gasteiger partial charge in [-0.05, 0) is 29.3 Å². The largest absolute Gasteiger partial charge is 0.508 e. The number of aromatic hydroxyl groups is 1. The van der Waals surface area contributed by atoms with E-state index in [1.165, 1.54) is 18.2 Å². The summed E-state index contributed by atoms with van der Waals surface area (Å²) in [6, 6.07) is 16.4. The van der Waals surface area contributed by atoms with E-state index in [1.54, 1.807) is 42.5 Å². The van der Waals surface area contributed by atoms with E-state index in [4.69, 9.17) is 23.7 Å². The van der Waals surface area contributed by atoms with E-state index in [0.717, 1.165) is 6.08 Å². The Morgan fingerprint density at radius 3 is 2.44 bits per heavy atom. The number of carbonyl (C=O) groups is 1. The van der Waals surface area contributed by atoms with E-state index in [1.807, 2.05) is 6.07 Å². The monoisotopic (exact) mass is 573 g/mol. The molecule has 2 heterocycles. The maximum Gasteiger partial charge on any atom is 0.330 e. The summed E-state index contributed by atoms with van der Waals surface area (Å²) >= 11 is 0. The number of nitrogens with zero attached hydrogens (tertiary/aromatic N) is 1. The van der Waals surface area contributed by atoms with Crippen molar-refractivity contribution in [3.63, 3.8) is 0 Å². The minimum absolute atomic E-state index is 0.0705. The first-order valence-electron chi connectivity index (χ1n) is 12.7. The van der Waals surface area contributed by atoms with Gasteiger partial charge in [-0.1, -0.05) is 42.5 Å². The lowest BCUT2D eigenvalue weighted by Gasteiger charge is -2.41. The molecule has 13 heteroatoms. The molecule has 6 N–H and O–H groups in total. The number of hydrogen-bond acceptors (Lipinski definition) is 13. The molecule has 0 bridgehead atoms. The number of carbonyl (C=O) groups excluding carboxylic acids is 1. The molecule has 2 aromatic carbocycles. The fourth-order valence-electron chi connectivity index (χ4n) is 4.22. The zero-order valence-corrected chi connectivity index (χ0v) is 21.7. The Hall–Kier alpha value is -3.42. The van der Waals surface area contributed by atoms with Crippen LogP contribution in [-0.4, -0.2) is 105 Å². The highest BCUT2D eigenvalue weighted by molar-refractivity contribution is 5.87. The minimum Gasteiger partial charge on any atom is -0.508 e. The number of nitriles is 1. The minimum atomic E-state index is -2.00. The predicted molar refractivity (Wildman–Crippen MR) is 137 cm³/mol. The Bertz CT molecular complexity index is 1220. The second kappa shape index (κ2) is 13.5. The number of aliphatic hydroxyl groups excluding tert-OH is 4. The average molecular weight is 574 g/mol. The SMILES string of the molecule is N#C[C@@H](O[C@@H]1O[C@H](CO[C@@H]2OC[C@](O)(COC(=O)C=Cc3ccc(O)cc3)[C@H]2O)[C@@H](O)[C@H](O)[C@H]1O)c1ccccc1. The molecule has 13 nitrogen and oxygen atoms in total. The molecule has 0 amide bonds. The Kier molecular flexibility index (Phi) is 10.1. The first-order chi connectivity index (χ1) is 19.6. The van der Waals surface area contributed by atoms with Crippen molar-refractivity contribution in [1.29, 1.82) is 5.26 Å². The fraction of sp³-hybridized carbons (Fsp3) is 0.429. The van der Waals surface area contributed by atoms with Gasteiger partial charge in [0, 0.05) is 6.08 Å². The molecule has 0 radical (unpaired) electrons. The first kappa shape index (κ1) is 30.5. The van der Waals surface area contributed by atoms with Gasteiger partial charge < -0.3 is 54.3 Å². The molecule has 41 heavy (non-hydrogen) atoms. The van der Waals surface area contributed by atoms with Crippen LogP contribution in [0, 0.1) is 11.3 Å². The topological polar surface area (TPSA) is 208 Å². The molecular formula is C28H31NO12. The smallest absolute Gasteiger partial charge is 0.330 e. The molecule has 2 aromatic rings. The van der Waals surface area contributed by atoms with Crippen LogP contribution in [0.15, 0.2) is 60.7 Å². The summed E-state index contributed by atoms with van der Waals surface area (Å²) in [6.07, 6.45) is -9.48. The second-order valence-electron chi connectivity index (χ2n) is 9.66. The number of hydrogen-bond donors (Lipinski definition) is 6. The Morgan fingerprint density at radius 2 is 1.76 bits per heavy atom. The van der Waals surface area contributed by atoms with Gasteiger partial charge in [-0.25, -0.2) is 4.79 Å². The van der Waals surface area contributed by atoms with Gasteiger partial charge in [-0.3, -0.25) is 0 Å². The third-order valence-corrected chi connectivity index (χ3v) is 6.66. The van der Waals surface area contributed by atoms with Gasteiger partial charge in [0.2, 0.25) is 0 Å². The molecule has 0 aliphatic carbocycles. The molecule has 0 spiro atoms. The van der Waals surface area contributed by atoms with Gasteiger partial charge in [0.15, 0.2) is 24.3 Å². The number of ether oxygens (including phenoxy) is 5. The third-order valence-electron chi connectivity index (χ3n) is 6.66. The first-order valence-corrected chi connectivity index (χ1v) is 12.7. The lowest BCUT2D eigenvalue weighted by molar-refractivity contribution is -0.315. The number of rotatable bonds is 10. The van der Waals surface area contributed by atoms with E-state index < -0.39 is 80.6 Å². The predicted octanol–water partition coefficient (Wildman–Crippen LogP) is -0.497. The van der Waals surface area contributed by atoms with Crippen LogP contribution in [0.3, 0.4) is 0 Å². The standard InChI is InChI=1S/C28H31NO12/c29-12-19(17-4-2-1-3-5-17)40-26-24(34)23(33)22(32)20(41-26)13-37-27-25(35)28(36,15-39-27)14-38-21(31)11-8-16-6-9-18(30)10-7-16/h1-11,19-20,22-27,30,32-36H,13-15H2/t19-,20-,22-,23+,24-,25+,26-,27-,28-/m1/s1. The summed E-state index contributed by atoms with van der Waals surface area (Å²) in [5.41, 5.74) is -0.898. The molecule has 0 saturated carbocycles. The van der Waals surface area contributed by atoms with Crippen molar-refractivity contribution in [2.45, 2.75) is 54.8 Å². The number of phenols is 1. The lowest BCUT2D eigenvalue weighted by Crippen LogP contribution is -2.59. The van der Waals surface area contributed by atoms with Crippen molar-refractivity contribution in [3.8, 4) is 11.8 Å².